The summed E-state index contributed by atoms with van der Waals surface area (Å²) in [4.78, 5) is 40.2. The Balaban J connectivity index is 1.76. The van der Waals surface area contributed by atoms with Crippen molar-refractivity contribution in [3.63, 3.8) is 0 Å². The Morgan fingerprint density at radius 1 is 0.853 bits per heavy atom. The largest absolute Gasteiger partial charge is 0.389 e. The molecule has 4 rings (SSSR count). The molecule has 0 spiro atoms. The first kappa shape index (κ1) is 23.7. The van der Waals surface area contributed by atoms with E-state index in [2.05, 4.69) is 10.6 Å². The van der Waals surface area contributed by atoms with Crippen molar-refractivity contribution in [2.45, 2.75) is 24.9 Å². The second-order valence-electron chi connectivity index (χ2n) is 8.74. The van der Waals surface area contributed by atoms with E-state index < -0.39 is 41.0 Å². The normalized spacial score (nSPS) is 24.3. The monoisotopic (exact) mass is 476 g/mol. The molecule has 0 aliphatic heterocycles. The highest BCUT2D eigenvalue weighted by Crippen LogP contribution is 2.46. The van der Waals surface area contributed by atoms with E-state index in [9.17, 15) is 19.5 Å². The predicted molar refractivity (Wildman–Crippen MR) is 132 cm³/mol. The number of para-hydroxylation sites is 2. The fourth-order valence-electron chi connectivity index (χ4n) is 4.66. The molecule has 2 amide bonds. The van der Waals surface area contributed by atoms with Gasteiger partial charge in [-0.05, 0) is 48.9 Å². The van der Waals surface area contributed by atoms with Crippen LogP contribution in [-0.4, -0.2) is 28.3 Å². The van der Waals surface area contributed by atoms with E-state index in [-0.39, 0.29) is 6.42 Å². The van der Waals surface area contributed by atoms with Crippen molar-refractivity contribution in [2.24, 2.45) is 11.8 Å². The lowest BCUT2D eigenvalue weighted by molar-refractivity contribution is -0.150. The quantitative estimate of drug-likeness (QED) is 0.467. The van der Waals surface area contributed by atoms with Crippen LogP contribution in [0.5, 0.6) is 0 Å². The van der Waals surface area contributed by atoms with Crippen LogP contribution in [0, 0.1) is 11.8 Å². The van der Waals surface area contributed by atoms with Crippen molar-refractivity contribution >= 4 is 40.6 Å². The van der Waals surface area contributed by atoms with Gasteiger partial charge in [0.05, 0.1) is 11.5 Å². The van der Waals surface area contributed by atoms with Crippen molar-refractivity contribution in [1.82, 2.24) is 0 Å². The Morgan fingerprint density at radius 2 is 1.35 bits per heavy atom. The van der Waals surface area contributed by atoms with E-state index >= 15 is 0 Å². The lowest BCUT2D eigenvalue weighted by atomic mass is 9.61. The fraction of sp³-hybridized carbons (Fsp3) is 0.222. The van der Waals surface area contributed by atoms with Crippen molar-refractivity contribution in [1.29, 1.82) is 0 Å². The third-order valence-electron chi connectivity index (χ3n) is 6.17. The third-order valence-corrected chi connectivity index (χ3v) is 6.42. The first-order valence-corrected chi connectivity index (χ1v) is 11.4. The van der Waals surface area contributed by atoms with Crippen LogP contribution >= 0.6 is 11.6 Å². The van der Waals surface area contributed by atoms with Gasteiger partial charge in [0.15, 0.2) is 0 Å². The Bertz CT molecular complexity index is 1180. The zero-order valence-electron chi connectivity index (χ0n) is 18.6. The van der Waals surface area contributed by atoms with Crippen molar-refractivity contribution in [3.8, 4) is 0 Å². The maximum atomic E-state index is 13.5. The first-order chi connectivity index (χ1) is 16.3. The van der Waals surface area contributed by atoms with Gasteiger partial charge in [0, 0.05) is 28.7 Å². The summed E-state index contributed by atoms with van der Waals surface area (Å²) in [6, 6.07) is 24.3. The lowest BCUT2D eigenvalue weighted by Gasteiger charge is -2.44. The minimum absolute atomic E-state index is 0.323. The fourth-order valence-corrected chi connectivity index (χ4v) is 4.79. The molecule has 0 aromatic heterocycles. The molecular weight excluding hydrogens is 452 g/mol. The molecule has 0 heterocycles. The van der Waals surface area contributed by atoms with Crippen molar-refractivity contribution < 1.29 is 19.5 Å². The molecule has 1 aliphatic carbocycles. The molecule has 3 N–H and O–H groups in total. The number of benzene rings is 3. The summed E-state index contributed by atoms with van der Waals surface area (Å²) >= 11 is 6.07. The predicted octanol–water partition coefficient (Wildman–Crippen LogP) is 4.66. The van der Waals surface area contributed by atoms with Gasteiger partial charge >= 0.3 is 0 Å². The van der Waals surface area contributed by atoms with Crippen LogP contribution in [0.2, 0.25) is 5.02 Å². The molecule has 0 bridgehead atoms. The van der Waals surface area contributed by atoms with Gasteiger partial charge in [0.1, 0.15) is 11.7 Å². The SMILES string of the molecule is C[C@]1(O)CC(=O)[C@@H](C(=O)Nc2ccccc2)[C@@H](c2ccc(Cl)cc2)[C@@H]1C(=O)Nc1ccccc1. The second kappa shape index (κ2) is 9.79. The molecule has 6 nitrogen and oxygen atoms in total. The number of carbonyl (C=O) groups is 3. The lowest BCUT2D eigenvalue weighted by Crippen LogP contribution is -2.56. The number of carbonyl (C=O) groups excluding carboxylic acids is 3. The molecule has 1 fully saturated rings. The Morgan fingerprint density at radius 3 is 1.88 bits per heavy atom. The summed E-state index contributed by atoms with van der Waals surface area (Å²) in [5.41, 5.74) is 0.00122. The number of ketones is 1. The summed E-state index contributed by atoms with van der Waals surface area (Å²) in [6.07, 6.45) is -0.323. The topological polar surface area (TPSA) is 95.5 Å². The van der Waals surface area contributed by atoms with Gasteiger partial charge in [-0.1, -0.05) is 60.1 Å². The molecule has 3 aromatic carbocycles. The number of anilines is 2. The van der Waals surface area contributed by atoms with Gasteiger partial charge in [0.25, 0.3) is 0 Å². The van der Waals surface area contributed by atoms with Gasteiger partial charge in [-0.15, -0.1) is 0 Å². The van der Waals surface area contributed by atoms with E-state index in [4.69, 9.17) is 11.6 Å². The molecule has 0 radical (unpaired) electrons. The number of rotatable bonds is 5. The van der Waals surface area contributed by atoms with E-state index in [1.165, 1.54) is 6.92 Å². The number of Topliss-reactive ketones (excluding diaryl/α,β-unsaturated/α-hetero) is 1. The van der Waals surface area contributed by atoms with E-state index in [1.807, 2.05) is 12.1 Å². The maximum absolute atomic E-state index is 13.5. The van der Waals surface area contributed by atoms with Gasteiger partial charge in [-0.3, -0.25) is 14.4 Å². The van der Waals surface area contributed by atoms with E-state index in [1.54, 1.807) is 72.8 Å². The van der Waals surface area contributed by atoms with Crippen LogP contribution in [0.1, 0.15) is 24.8 Å². The molecular formula is C27H25ClN2O4. The third kappa shape index (κ3) is 5.03. The Hall–Kier alpha value is -3.48. The minimum Gasteiger partial charge on any atom is -0.389 e. The number of amides is 2. The van der Waals surface area contributed by atoms with Gasteiger partial charge in [-0.25, -0.2) is 0 Å². The standard InChI is InChI=1S/C27H25ClN2O4/c1-27(34)16-21(31)23(25(32)29-19-8-4-2-5-9-19)22(17-12-14-18(28)15-13-17)24(27)26(33)30-20-10-6-3-7-11-20/h2-15,22-24,34H,16H2,1H3,(H,29,32)(H,30,33)/t22-,23-,24-,27+/m1/s1. The minimum atomic E-state index is -1.66. The Kier molecular flexibility index (Phi) is 6.82. The van der Waals surface area contributed by atoms with Crippen LogP contribution in [0.15, 0.2) is 84.9 Å². The molecule has 174 valence electrons. The zero-order valence-corrected chi connectivity index (χ0v) is 19.3. The highest BCUT2D eigenvalue weighted by Gasteiger charge is 2.55. The average molecular weight is 477 g/mol. The van der Waals surface area contributed by atoms with E-state index in [0.29, 0.717) is 22.0 Å². The number of hydrogen-bond donors (Lipinski definition) is 3. The number of aliphatic hydroxyl groups is 1. The molecule has 1 aliphatic rings. The van der Waals surface area contributed by atoms with Crippen LogP contribution in [0.4, 0.5) is 11.4 Å². The van der Waals surface area contributed by atoms with Crippen molar-refractivity contribution in [2.75, 3.05) is 10.6 Å². The molecule has 4 atom stereocenters. The number of halogens is 1. The molecule has 7 heteroatoms. The van der Waals surface area contributed by atoms with Gasteiger partial charge in [0.2, 0.25) is 11.8 Å². The summed E-state index contributed by atoms with van der Waals surface area (Å²) in [5, 5.41) is 17.4. The average Bonchev–Trinajstić information content (AvgIpc) is 2.79. The van der Waals surface area contributed by atoms with Crippen molar-refractivity contribution in [3.05, 3.63) is 95.5 Å². The molecule has 0 unspecified atom stereocenters. The highest BCUT2D eigenvalue weighted by atomic mass is 35.5. The zero-order chi connectivity index (χ0) is 24.3. The first-order valence-electron chi connectivity index (χ1n) is 11.0. The number of nitrogens with one attached hydrogen (secondary N) is 2. The second-order valence-corrected chi connectivity index (χ2v) is 9.18. The molecule has 34 heavy (non-hydrogen) atoms. The molecule has 1 saturated carbocycles. The smallest absolute Gasteiger partial charge is 0.235 e. The summed E-state index contributed by atoms with van der Waals surface area (Å²) < 4.78 is 0. The maximum Gasteiger partial charge on any atom is 0.235 e. The van der Waals surface area contributed by atoms with Gasteiger partial charge < -0.3 is 15.7 Å². The van der Waals surface area contributed by atoms with Crippen LogP contribution in [0.25, 0.3) is 0 Å². The molecule has 3 aromatic rings. The summed E-state index contributed by atoms with van der Waals surface area (Å²) in [7, 11) is 0. The highest BCUT2D eigenvalue weighted by molar-refractivity contribution is 6.30. The van der Waals surface area contributed by atoms with Gasteiger partial charge in [-0.2, -0.15) is 0 Å². The summed E-state index contributed by atoms with van der Waals surface area (Å²) in [6.45, 7) is 1.47. The van der Waals surface area contributed by atoms with E-state index in [0.717, 1.165) is 0 Å². The Labute approximate surface area is 203 Å². The molecule has 0 saturated heterocycles. The van der Waals surface area contributed by atoms with Crippen LogP contribution in [0.3, 0.4) is 0 Å². The van der Waals surface area contributed by atoms with Crippen LogP contribution < -0.4 is 10.6 Å². The van der Waals surface area contributed by atoms with Crippen LogP contribution in [-0.2, 0) is 14.4 Å². The number of hydrogen-bond acceptors (Lipinski definition) is 4. The summed E-state index contributed by atoms with van der Waals surface area (Å²) in [5.74, 6) is -4.57.